The van der Waals surface area contributed by atoms with Crippen LogP contribution < -0.4 is 5.73 Å². The molecule has 0 radical (unpaired) electrons. The molecule has 1 aromatic heterocycles. The van der Waals surface area contributed by atoms with Gasteiger partial charge in [-0.25, -0.2) is 4.98 Å². The molecule has 0 spiro atoms. The van der Waals surface area contributed by atoms with E-state index in [-0.39, 0.29) is 5.54 Å². The van der Waals surface area contributed by atoms with E-state index in [9.17, 15) is 0 Å². The van der Waals surface area contributed by atoms with E-state index in [2.05, 4.69) is 29.7 Å². The fourth-order valence-electron chi connectivity index (χ4n) is 2.12. The summed E-state index contributed by atoms with van der Waals surface area (Å²) in [4.78, 5) is 4.25. The van der Waals surface area contributed by atoms with Gasteiger partial charge in [-0.05, 0) is 32.9 Å². The van der Waals surface area contributed by atoms with Crippen molar-refractivity contribution in [3.63, 3.8) is 0 Å². The van der Waals surface area contributed by atoms with Crippen LogP contribution in [0, 0.1) is 0 Å². The van der Waals surface area contributed by atoms with E-state index in [4.69, 9.17) is 5.73 Å². The number of nitrogens with two attached hydrogens (primary N) is 1. The molecule has 1 aromatic rings. The summed E-state index contributed by atoms with van der Waals surface area (Å²) in [6, 6.07) is 0. The Morgan fingerprint density at radius 1 is 1.35 bits per heavy atom. The maximum absolute atomic E-state index is 6.18. The van der Waals surface area contributed by atoms with Crippen molar-refractivity contribution in [2.75, 3.05) is 6.26 Å². The van der Waals surface area contributed by atoms with E-state index in [1.54, 1.807) is 0 Å². The van der Waals surface area contributed by atoms with Gasteiger partial charge in [0.05, 0.1) is 17.6 Å². The van der Waals surface area contributed by atoms with Crippen LogP contribution >= 0.6 is 11.8 Å². The first-order valence-corrected chi connectivity index (χ1v) is 7.45. The Kier molecular flexibility index (Phi) is 4.67. The zero-order valence-corrected chi connectivity index (χ0v) is 12.5. The predicted octanol–water partition coefficient (Wildman–Crippen LogP) is 3.00. The number of hydrogen-bond donors (Lipinski definition) is 1. The van der Waals surface area contributed by atoms with Gasteiger partial charge < -0.3 is 10.3 Å². The first-order valence-electron chi connectivity index (χ1n) is 6.23. The van der Waals surface area contributed by atoms with E-state index >= 15 is 0 Å². The zero-order valence-electron chi connectivity index (χ0n) is 11.7. The Morgan fingerprint density at radius 2 is 1.94 bits per heavy atom. The van der Waals surface area contributed by atoms with Crippen molar-refractivity contribution in [3.8, 4) is 0 Å². The molecular formula is C13H25N3S. The maximum atomic E-state index is 6.18. The number of thioether (sulfide) groups is 1. The second-order valence-electron chi connectivity index (χ2n) is 5.22. The second kappa shape index (κ2) is 5.44. The fraction of sp³-hybridized carbons (Fsp3) is 0.769. The Labute approximate surface area is 109 Å². The van der Waals surface area contributed by atoms with Gasteiger partial charge in [0.2, 0.25) is 0 Å². The van der Waals surface area contributed by atoms with Gasteiger partial charge >= 0.3 is 0 Å². The minimum absolute atomic E-state index is 0.292. The van der Waals surface area contributed by atoms with Crippen LogP contribution in [0.1, 0.15) is 46.2 Å². The Balaban J connectivity index is 2.99. The third-order valence-electron chi connectivity index (χ3n) is 3.55. The predicted molar refractivity (Wildman–Crippen MR) is 76.3 cm³/mol. The third-order valence-corrected chi connectivity index (χ3v) is 5.13. The Morgan fingerprint density at radius 3 is 2.35 bits per heavy atom. The lowest BCUT2D eigenvalue weighted by atomic mass is 9.99. The average molecular weight is 255 g/mol. The molecule has 17 heavy (non-hydrogen) atoms. The molecular weight excluding hydrogens is 230 g/mol. The van der Waals surface area contributed by atoms with Gasteiger partial charge in [-0.2, -0.15) is 11.8 Å². The van der Waals surface area contributed by atoms with Gasteiger partial charge in [0.1, 0.15) is 0 Å². The lowest BCUT2D eigenvalue weighted by molar-refractivity contribution is 0.425. The van der Waals surface area contributed by atoms with Crippen LogP contribution in [0.25, 0.3) is 0 Å². The van der Waals surface area contributed by atoms with Gasteiger partial charge in [0.15, 0.2) is 0 Å². The molecule has 3 nitrogen and oxygen atoms in total. The van der Waals surface area contributed by atoms with Gasteiger partial charge in [-0.3, -0.25) is 0 Å². The molecule has 0 amide bonds. The Bertz CT molecular complexity index is 340. The first kappa shape index (κ1) is 14.6. The van der Waals surface area contributed by atoms with Crippen molar-refractivity contribution in [2.45, 2.75) is 57.4 Å². The summed E-state index contributed by atoms with van der Waals surface area (Å²) in [7, 11) is 0. The van der Waals surface area contributed by atoms with Crippen molar-refractivity contribution in [2.24, 2.45) is 5.73 Å². The van der Waals surface area contributed by atoms with Gasteiger partial charge in [0.25, 0.3) is 0 Å². The summed E-state index contributed by atoms with van der Waals surface area (Å²) in [6.45, 7) is 9.55. The monoisotopic (exact) mass is 255 g/mol. The highest BCUT2D eigenvalue weighted by Crippen LogP contribution is 2.33. The molecule has 0 aliphatic rings. The van der Waals surface area contributed by atoms with Crippen LogP contribution in [0.2, 0.25) is 0 Å². The molecule has 4 heteroatoms. The average Bonchev–Trinajstić information content (AvgIpc) is 2.73. The molecule has 0 bridgehead atoms. The normalized spacial score (nSPS) is 13.1. The molecule has 0 saturated heterocycles. The molecule has 0 unspecified atom stereocenters. The molecule has 1 rings (SSSR count). The highest BCUT2D eigenvalue weighted by atomic mass is 32.2. The van der Waals surface area contributed by atoms with Crippen molar-refractivity contribution >= 4 is 11.8 Å². The first-order chi connectivity index (χ1) is 7.88. The largest absolute Gasteiger partial charge is 0.332 e. The van der Waals surface area contributed by atoms with E-state index in [0.29, 0.717) is 4.75 Å². The van der Waals surface area contributed by atoms with Crippen LogP contribution in [0.3, 0.4) is 0 Å². The molecule has 1 heterocycles. The van der Waals surface area contributed by atoms with Crippen LogP contribution in [-0.2, 0) is 12.1 Å². The standard InChI is InChI=1S/C13H25N3S/c1-6-13(7-2,17-5)9-16-10-15-8-11(16)12(3,4)14/h8,10H,6-7,9,14H2,1-5H3. The van der Waals surface area contributed by atoms with E-state index in [0.717, 1.165) is 25.1 Å². The van der Waals surface area contributed by atoms with Gasteiger partial charge in [-0.15, -0.1) is 0 Å². The molecule has 2 N–H and O–H groups in total. The van der Waals surface area contributed by atoms with E-state index in [1.807, 2.05) is 38.1 Å². The van der Waals surface area contributed by atoms with Crippen molar-refractivity contribution in [1.29, 1.82) is 0 Å². The van der Waals surface area contributed by atoms with Crippen molar-refractivity contribution in [3.05, 3.63) is 18.2 Å². The lowest BCUT2D eigenvalue weighted by Crippen LogP contribution is -2.35. The van der Waals surface area contributed by atoms with Crippen LogP contribution in [0.4, 0.5) is 0 Å². The molecule has 0 aliphatic carbocycles. The van der Waals surface area contributed by atoms with E-state index in [1.165, 1.54) is 0 Å². The quantitative estimate of drug-likeness (QED) is 0.850. The summed E-state index contributed by atoms with van der Waals surface area (Å²) in [6.07, 6.45) is 8.30. The zero-order chi connectivity index (χ0) is 13.1. The minimum Gasteiger partial charge on any atom is -0.332 e. The van der Waals surface area contributed by atoms with Crippen molar-refractivity contribution in [1.82, 2.24) is 9.55 Å². The highest BCUT2D eigenvalue weighted by molar-refractivity contribution is 8.00. The third kappa shape index (κ3) is 3.26. The topological polar surface area (TPSA) is 43.8 Å². The van der Waals surface area contributed by atoms with Crippen LogP contribution in [0.5, 0.6) is 0 Å². The van der Waals surface area contributed by atoms with Gasteiger partial charge in [-0.1, -0.05) is 13.8 Å². The number of aromatic nitrogens is 2. The molecule has 0 atom stereocenters. The Hall–Kier alpha value is -0.480. The molecule has 0 aromatic carbocycles. The molecule has 0 fully saturated rings. The number of hydrogen-bond acceptors (Lipinski definition) is 3. The second-order valence-corrected chi connectivity index (χ2v) is 6.50. The number of rotatable bonds is 6. The molecule has 98 valence electrons. The summed E-state index contributed by atoms with van der Waals surface area (Å²) >= 11 is 1.95. The number of nitrogens with zero attached hydrogens (tertiary/aromatic N) is 2. The van der Waals surface area contributed by atoms with Crippen molar-refractivity contribution < 1.29 is 0 Å². The number of imidazole rings is 1. The summed E-state index contributed by atoms with van der Waals surface area (Å²) in [5, 5.41) is 0. The summed E-state index contributed by atoms with van der Waals surface area (Å²) < 4.78 is 2.50. The minimum atomic E-state index is -0.331. The summed E-state index contributed by atoms with van der Waals surface area (Å²) in [5.41, 5.74) is 6.96. The van der Waals surface area contributed by atoms with Gasteiger partial charge in [0, 0.05) is 17.5 Å². The van der Waals surface area contributed by atoms with Crippen LogP contribution in [0.15, 0.2) is 12.5 Å². The molecule has 0 aliphatic heterocycles. The van der Waals surface area contributed by atoms with Crippen LogP contribution in [-0.4, -0.2) is 20.6 Å². The maximum Gasteiger partial charge on any atom is 0.0949 e. The molecule has 0 saturated carbocycles. The summed E-state index contributed by atoms with van der Waals surface area (Å²) in [5.74, 6) is 0. The lowest BCUT2D eigenvalue weighted by Gasteiger charge is -2.32. The fourth-order valence-corrected chi connectivity index (χ4v) is 2.97. The van der Waals surface area contributed by atoms with E-state index < -0.39 is 0 Å². The SMILES string of the molecule is CCC(CC)(Cn1cncc1C(C)(C)N)SC. The smallest absolute Gasteiger partial charge is 0.0949 e. The highest BCUT2D eigenvalue weighted by Gasteiger charge is 2.28.